The summed E-state index contributed by atoms with van der Waals surface area (Å²) in [5, 5.41) is 6.79. The monoisotopic (exact) mass is 395 g/mol. The van der Waals surface area contributed by atoms with Crippen LogP contribution in [-0.2, 0) is 6.54 Å². The standard InChI is InChI=1S/C21H18ClN3O3/c1-13-8-16(22)4-5-17(13)25-20-7-3-15(11-23-20)21(26)24-10-14-2-6-18-19(9-14)28-12-27-18/h2-9,11H,10,12H2,1H3,(H,23,25)(H,24,26). The number of aromatic nitrogens is 1. The Morgan fingerprint density at radius 2 is 1.96 bits per heavy atom. The smallest absolute Gasteiger partial charge is 0.253 e. The normalized spacial score (nSPS) is 11.9. The van der Waals surface area contributed by atoms with Gasteiger partial charge in [0.2, 0.25) is 6.79 Å². The molecular formula is C21H18ClN3O3. The number of rotatable bonds is 5. The summed E-state index contributed by atoms with van der Waals surface area (Å²) in [5.41, 5.74) is 3.35. The predicted molar refractivity (Wildman–Crippen MR) is 107 cm³/mol. The molecule has 142 valence electrons. The van der Waals surface area contributed by atoms with Crippen LogP contribution in [0.5, 0.6) is 11.5 Å². The van der Waals surface area contributed by atoms with Crippen LogP contribution in [0, 0.1) is 6.92 Å². The Morgan fingerprint density at radius 3 is 2.75 bits per heavy atom. The number of nitrogens with one attached hydrogen (secondary N) is 2. The summed E-state index contributed by atoms with van der Waals surface area (Å²) in [6.45, 7) is 2.58. The molecule has 0 aliphatic carbocycles. The summed E-state index contributed by atoms with van der Waals surface area (Å²) >= 11 is 5.98. The second-order valence-corrected chi connectivity index (χ2v) is 6.82. The van der Waals surface area contributed by atoms with E-state index in [2.05, 4.69) is 15.6 Å². The average Bonchev–Trinajstić information content (AvgIpc) is 3.17. The van der Waals surface area contributed by atoms with Crippen molar-refractivity contribution >= 4 is 29.0 Å². The van der Waals surface area contributed by atoms with Gasteiger partial charge in [-0.25, -0.2) is 4.98 Å². The van der Waals surface area contributed by atoms with Crippen LogP contribution < -0.4 is 20.1 Å². The van der Waals surface area contributed by atoms with E-state index in [1.807, 2.05) is 43.3 Å². The van der Waals surface area contributed by atoms with Crippen LogP contribution in [-0.4, -0.2) is 17.7 Å². The lowest BCUT2D eigenvalue weighted by molar-refractivity contribution is 0.0950. The number of hydrogen-bond acceptors (Lipinski definition) is 5. The molecule has 7 heteroatoms. The largest absolute Gasteiger partial charge is 0.454 e. The molecule has 0 saturated heterocycles. The molecule has 0 atom stereocenters. The number of fused-ring (bicyclic) bond motifs is 1. The van der Waals surface area contributed by atoms with Gasteiger partial charge in [-0.15, -0.1) is 0 Å². The van der Waals surface area contributed by atoms with Crippen molar-refractivity contribution in [2.24, 2.45) is 0 Å². The van der Waals surface area contributed by atoms with E-state index in [0.717, 1.165) is 22.6 Å². The summed E-state index contributed by atoms with van der Waals surface area (Å²) in [7, 11) is 0. The number of anilines is 2. The van der Waals surface area contributed by atoms with Gasteiger partial charge < -0.3 is 20.1 Å². The summed E-state index contributed by atoms with van der Waals surface area (Å²) in [6.07, 6.45) is 1.54. The van der Waals surface area contributed by atoms with Crippen molar-refractivity contribution in [2.75, 3.05) is 12.1 Å². The van der Waals surface area contributed by atoms with Crippen LogP contribution in [0.25, 0.3) is 0 Å². The lowest BCUT2D eigenvalue weighted by Crippen LogP contribution is -2.22. The average molecular weight is 396 g/mol. The molecule has 0 unspecified atom stereocenters. The number of aryl methyl sites for hydroxylation is 1. The molecule has 28 heavy (non-hydrogen) atoms. The fourth-order valence-electron chi connectivity index (χ4n) is 2.84. The Kier molecular flexibility index (Phi) is 5.04. The van der Waals surface area contributed by atoms with Crippen LogP contribution in [0.4, 0.5) is 11.5 Å². The fraction of sp³-hybridized carbons (Fsp3) is 0.143. The molecule has 1 amide bonds. The maximum Gasteiger partial charge on any atom is 0.253 e. The number of carbonyl (C=O) groups excluding carboxylic acids is 1. The van der Waals surface area contributed by atoms with E-state index >= 15 is 0 Å². The number of carbonyl (C=O) groups is 1. The van der Waals surface area contributed by atoms with Gasteiger partial charge in [0, 0.05) is 23.5 Å². The number of nitrogens with zero attached hydrogens (tertiary/aromatic N) is 1. The first-order valence-electron chi connectivity index (χ1n) is 8.74. The summed E-state index contributed by atoms with van der Waals surface area (Å²) in [6, 6.07) is 14.7. The van der Waals surface area contributed by atoms with Crippen molar-refractivity contribution in [1.82, 2.24) is 10.3 Å². The van der Waals surface area contributed by atoms with E-state index in [0.29, 0.717) is 28.7 Å². The zero-order valence-electron chi connectivity index (χ0n) is 15.2. The highest BCUT2D eigenvalue weighted by Crippen LogP contribution is 2.32. The molecular weight excluding hydrogens is 378 g/mol. The minimum atomic E-state index is -0.195. The number of pyridine rings is 1. The third kappa shape index (κ3) is 4.02. The number of halogens is 1. The van der Waals surface area contributed by atoms with Gasteiger partial charge in [-0.2, -0.15) is 0 Å². The van der Waals surface area contributed by atoms with Gasteiger partial charge in [-0.3, -0.25) is 4.79 Å². The zero-order valence-corrected chi connectivity index (χ0v) is 15.9. The van der Waals surface area contributed by atoms with E-state index in [1.165, 1.54) is 0 Å². The summed E-state index contributed by atoms with van der Waals surface area (Å²) in [5.74, 6) is 1.87. The molecule has 0 bridgehead atoms. The maximum atomic E-state index is 12.4. The Morgan fingerprint density at radius 1 is 1.11 bits per heavy atom. The lowest BCUT2D eigenvalue weighted by atomic mass is 10.2. The molecule has 3 aromatic rings. The number of ether oxygens (including phenoxy) is 2. The molecule has 0 radical (unpaired) electrons. The van der Waals surface area contributed by atoms with Crippen molar-refractivity contribution in [1.29, 1.82) is 0 Å². The molecule has 4 rings (SSSR count). The third-order valence-electron chi connectivity index (χ3n) is 4.37. The van der Waals surface area contributed by atoms with Gasteiger partial charge in [0.1, 0.15) is 5.82 Å². The Balaban J connectivity index is 1.37. The van der Waals surface area contributed by atoms with Crippen LogP contribution in [0.15, 0.2) is 54.7 Å². The Labute approximate surface area is 167 Å². The van der Waals surface area contributed by atoms with E-state index in [-0.39, 0.29) is 12.7 Å². The molecule has 2 heterocycles. The SMILES string of the molecule is Cc1cc(Cl)ccc1Nc1ccc(C(=O)NCc2ccc3c(c2)OCO3)cn1. The first-order chi connectivity index (χ1) is 13.6. The number of hydrogen-bond donors (Lipinski definition) is 2. The second kappa shape index (κ2) is 7.78. The predicted octanol–water partition coefficient (Wildman–Crippen LogP) is 4.45. The van der Waals surface area contributed by atoms with Gasteiger partial charge in [0.25, 0.3) is 5.91 Å². The van der Waals surface area contributed by atoms with Gasteiger partial charge in [-0.05, 0) is 60.5 Å². The second-order valence-electron chi connectivity index (χ2n) is 6.39. The minimum Gasteiger partial charge on any atom is -0.454 e. The summed E-state index contributed by atoms with van der Waals surface area (Å²) in [4.78, 5) is 16.7. The molecule has 0 fully saturated rings. The Bertz CT molecular complexity index is 1020. The third-order valence-corrected chi connectivity index (χ3v) is 4.60. The molecule has 6 nitrogen and oxygen atoms in total. The highest BCUT2D eigenvalue weighted by Gasteiger charge is 2.14. The first-order valence-corrected chi connectivity index (χ1v) is 9.12. The van der Waals surface area contributed by atoms with Gasteiger partial charge in [0.15, 0.2) is 11.5 Å². The van der Waals surface area contributed by atoms with Crippen LogP contribution in [0.1, 0.15) is 21.5 Å². The molecule has 1 aromatic heterocycles. The van der Waals surface area contributed by atoms with Crippen LogP contribution in [0.3, 0.4) is 0 Å². The molecule has 0 saturated carbocycles. The van der Waals surface area contributed by atoms with Crippen molar-refractivity contribution in [3.63, 3.8) is 0 Å². The van der Waals surface area contributed by atoms with Crippen LogP contribution in [0.2, 0.25) is 5.02 Å². The van der Waals surface area contributed by atoms with E-state index < -0.39 is 0 Å². The quantitative estimate of drug-likeness (QED) is 0.668. The maximum absolute atomic E-state index is 12.4. The topological polar surface area (TPSA) is 72.5 Å². The van der Waals surface area contributed by atoms with Crippen molar-refractivity contribution < 1.29 is 14.3 Å². The number of amides is 1. The van der Waals surface area contributed by atoms with Gasteiger partial charge >= 0.3 is 0 Å². The van der Waals surface area contributed by atoms with Gasteiger partial charge in [0.05, 0.1) is 5.56 Å². The highest BCUT2D eigenvalue weighted by molar-refractivity contribution is 6.30. The Hall–Kier alpha value is -3.25. The van der Waals surface area contributed by atoms with Crippen molar-refractivity contribution in [2.45, 2.75) is 13.5 Å². The molecule has 1 aliphatic rings. The highest BCUT2D eigenvalue weighted by atomic mass is 35.5. The minimum absolute atomic E-state index is 0.195. The zero-order chi connectivity index (χ0) is 19.5. The van der Waals surface area contributed by atoms with E-state index in [1.54, 1.807) is 18.3 Å². The molecule has 1 aliphatic heterocycles. The van der Waals surface area contributed by atoms with Crippen molar-refractivity contribution in [3.8, 4) is 11.5 Å². The summed E-state index contributed by atoms with van der Waals surface area (Å²) < 4.78 is 10.6. The van der Waals surface area contributed by atoms with Crippen molar-refractivity contribution in [3.05, 3.63) is 76.4 Å². The fourth-order valence-corrected chi connectivity index (χ4v) is 3.07. The number of benzene rings is 2. The molecule has 2 aromatic carbocycles. The molecule has 0 spiro atoms. The van der Waals surface area contributed by atoms with E-state index in [4.69, 9.17) is 21.1 Å². The lowest BCUT2D eigenvalue weighted by Gasteiger charge is -2.10. The van der Waals surface area contributed by atoms with Gasteiger partial charge in [-0.1, -0.05) is 17.7 Å². The van der Waals surface area contributed by atoms with E-state index in [9.17, 15) is 4.79 Å². The first kappa shape index (κ1) is 18.1. The van der Waals surface area contributed by atoms with Crippen LogP contribution >= 0.6 is 11.6 Å². The molecule has 2 N–H and O–H groups in total.